The first-order valence-electron chi connectivity index (χ1n) is 9.45. The monoisotopic (exact) mass is 378 g/mol. The van der Waals surface area contributed by atoms with Gasteiger partial charge >= 0.3 is 0 Å². The van der Waals surface area contributed by atoms with Crippen molar-refractivity contribution < 1.29 is 9.32 Å². The molecule has 1 aromatic carbocycles. The molecule has 2 aromatic heterocycles. The summed E-state index contributed by atoms with van der Waals surface area (Å²) in [7, 11) is 0. The minimum Gasteiger partial charge on any atom is -0.360 e. The van der Waals surface area contributed by atoms with Crippen LogP contribution in [0.3, 0.4) is 0 Å². The van der Waals surface area contributed by atoms with Gasteiger partial charge in [0, 0.05) is 23.6 Å². The SMILES string of the molecule is Cc1cc(Nc2ccnc(C(=O)Nc3c(C(C)C)cccc3C(C)C)c2)no1. The number of carbonyl (C=O) groups excluding carboxylic acids is 1. The first kappa shape index (κ1) is 19.6. The maximum absolute atomic E-state index is 12.9. The predicted octanol–water partition coefficient (Wildman–Crippen LogP) is 5.62. The topological polar surface area (TPSA) is 80.0 Å². The smallest absolute Gasteiger partial charge is 0.274 e. The number of aromatic nitrogens is 2. The standard InChI is InChI=1S/C22H26N4O2/c1-13(2)17-7-6-8-18(14(3)4)21(17)25-22(27)19-12-16(9-10-23-19)24-20-11-15(5)28-26-20/h6-14H,1-5H3,(H,25,27)(H,23,24,26). The largest absolute Gasteiger partial charge is 0.360 e. The molecule has 0 fully saturated rings. The van der Waals surface area contributed by atoms with Crippen LogP contribution in [-0.2, 0) is 0 Å². The number of aryl methyl sites for hydroxylation is 1. The van der Waals surface area contributed by atoms with E-state index < -0.39 is 0 Å². The predicted molar refractivity (Wildman–Crippen MR) is 111 cm³/mol. The highest BCUT2D eigenvalue weighted by Crippen LogP contribution is 2.32. The third-order valence-electron chi connectivity index (χ3n) is 4.50. The van der Waals surface area contributed by atoms with Crippen LogP contribution in [0.2, 0.25) is 0 Å². The van der Waals surface area contributed by atoms with Crippen LogP contribution in [-0.4, -0.2) is 16.0 Å². The maximum Gasteiger partial charge on any atom is 0.274 e. The molecule has 6 heteroatoms. The van der Waals surface area contributed by atoms with Gasteiger partial charge in [-0.15, -0.1) is 0 Å². The summed E-state index contributed by atoms with van der Waals surface area (Å²) < 4.78 is 5.06. The van der Waals surface area contributed by atoms with E-state index in [1.807, 2.05) is 13.0 Å². The van der Waals surface area contributed by atoms with Crippen molar-refractivity contribution in [2.75, 3.05) is 10.6 Å². The zero-order chi connectivity index (χ0) is 20.3. The molecule has 0 aliphatic heterocycles. The zero-order valence-electron chi connectivity index (χ0n) is 16.9. The second kappa shape index (κ2) is 8.25. The van der Waals surface area contributed by atoms with Gasteiger partial charge in [-0.2, -0.15) is 0 Å². The van der Waals surface area contributed by atoms with Gasteiger partial charge in [0.25, 0.3) is 5.91 Å². The maximum atomic E-state index is 12.9. The summed E-state index contributed by atoms with van der Waals surface area (Å²) in [5, 5.41) is 10.1. The molecule has 0 atom stereocenters. The molecule has 0 bridgehead atoms. The molecular weight excluding hydrogens is 352 g/mol. The first-order chi connectivity index (χ1) is 13.3. The molecule has 6 nitrogen and oxygen atoms in total. The van der Waals surface area contributed by atoms with Crippen LogP contribution < -0.4 is 10.6 Å². The lowest BCUT2D eigenvalue weighted by atomic mass is 9.92. The quantitative estimate of drug-likeness (QED) is 0.582. The Kier molecular flexibility index (Phi) is 5.78. The minimum absolute atomic E-state index is 0.241. The molecule has 0 aliphatic rings. The van der Waals surface area contributed by atoms with Gasteiger partial charge in [0.1, 0.15) is 11.5 Å². The number of para-hydroxylation sites is 1. The van der Waals surface area contributed by atoms with Gasteiger partial charge in [0.15, 0.2) is 5.82 Å². The normalized spacial score (nSPS) is 11.1. The number of nitrogens with zero attached hydrogens (tertiary/aromatic N) is 2. The van der Waals surface area contributed by atoms with Crippen LogP contribution in [0, 0.1) is 6.92 Å². The van der Waals surface area contributed by atoms with Crippen molar-refractivity contribution in [2.24, 2.45) is 0 Å². The van der Waals surface area contributed by atoms with Crippen molar-refractivity contribution in [3.05, 3.63) is 65.2 Å². The molecule has 0 unspecified atom stereocenters. The summed E-state index contributed by atoms with van der Waals surface area (Å²) >= 11 is 0. The van der Waals surface area contributed by atoms with Gasteiger partial charge in [-0.05, 0) is 42.0 Å². The van der Waals surface area contributed by atoms with Crippen molar-refractivity contribution in [2.45, 2.75) is 46.5 Å². The summed E-state index contributed by atoms with van der Waals surface area (Å²) in [6.45, 7) is 10.3. The highest BCUT2D eigenvalue weighted by Gasteiger charge is 2.17. The van der Waals surface area contributed by atoms with Crippen molar-refractivity contribution in [3.63, 3.8) is 0 Å². The summed E-state index contributed by atoms with van der Waals surface area (Å²) in [4.78, 5) is 17.2. The fourth-order valence-corrected chi connectivity index (χ4v) is 3.08. The summed E-state index contributed by atoms with van der Waals surface area (Å²) in [6.07, 6.45) is 1.60. The number of hydrogen-bond donors (Lipinski definition) is 2. The Morgan fingerprint density at radius 3 is 2.29 bits per heavy atom. The molecule has 28 heavy (non-hydrogen) atoms. The second-order valence-electron chi connectivity index (χ2n) is 7.45. The number of pyridine rings is 1. The van der Waals surface area contributed by atoms with E-state index in [9.17, 15) is 4.79 Å². The Morgan fingerprint density at radius 2 is 1.71 bits per heavy atom. The highest BCUT2D eigenvalue weighted by molar-refractivity contribution is 6.04. The molecule has 1 amide bonds. The fraction of sp³-hybridized carbons (Fsp3) is 0.318. The lowest BCUT2D eigenvalue weighted by Crippen LogP contribution is -2.17. The Bertz CT molecular complexity index is 950. The van der Waals surface area contributed by atoms with E-state index in [0.29, 0.717) is 29.1 Å². The van der Waals surface area contributed by atoms with Crippen LogP contribution >= 0.6 is 0 Å². The molecule has 146 valence electrons. The Morgan fingerprint density at radius 1 is 1.04 bits per heavy atom. The number of anilines is 3. The number of nitrogens with one attached hydrogen (secondary N) is 2. The van der Waals surface area contributed by atoms with Crippen molar-refractivity contribution in [1.82, 2.24) is 10.1 Å². The van der Waals surface area contributed by atoms with Crippen molar-refractivity contribution in [3.8, 4) is 0 Å². The number of carbonyl (C=O) groups is 1. The lowest BCUT2D eigenvalue weighted by molar-refractivity contribution is 0.102. The highest BCUT2D eigenvalue weighted by atomic mass is 16.5. The average molecular weight is 378 g/mol. The number of benzene rings is 1. The minimum atomic E-state index is -0.241. The third kappa shape index (κ3) is 4.39. The molecule has 0 saturated heterocycles. The fourth-order valence-electron chi connectivity index (χ4n) is 3.08. The van der Waals surface area contributed by atoms with Gasteiger partial charge in [0.2, 0.25) is 0 Å². The summed E-state index contributed by atoms with van der Waals surface area (Å²) in [5.74, 6) is 1.65. The Hall–Kier alpha value is -3.15. The lowest BCUT2D eigenvalue weighted by Gasteiger charge is -2.20. The Labute approximate surface area is 165 Å². The molecular formula is C22H26N4O2. The van der Waals surface area contributed by atoms with E-state index in [-0.39, 0.29) is 5.91 Å². The second-order valence-corrected chi connectivity index (χ2v) is 7.45. The van der Waals surface area contributed by atoms with Crippen molar-refractivity contribution in [1.29, 1.82) is 0 Å². The zero-order valence-corrected chi connectivity index (χ0v) is 16.9. The van der Waals surface area contributed by atoms with Gasteiger partial charge < -0.3 is 15.2 Å². The molecule has 3 rings (SSSR count). The van der Waals surface area contributed by atoms with Gasteiger partial charge in [0.05, 0.1) is 0 Å². The molecule has 0 aliphatic carbocycles. The van der Waals surface area contributed by atoms with Gasteiger partial charge in [-0.3, -0.25) is 9.78 Å². The molecule has 0 radical (unpaired) electrons. The first-order valence-corrected chi connectivity index (χ1v) is 9.45. The molecule has 0 spiro atoms. The van der Waals surface area contributed by atoms with E-state index in [2.05, 4.69) is 60.6 Å². The number of hydrogen-bond acceptors (Lipinski definition) is 5. The van der Waals surface area contributed by atoms with Crippen LogP contribution in [0.5, 0.6) is 0 Å². The van der Waals surface area contributed by atoms with E-state index in [1.54, 1.807) is 24.4 Å². The molecule has 3 aromatic rings. The van der Waals surface area contributed by atoms with Crippen LogP contribution in [0.25, 0.3) is 0 Å². The van der Waals surface area contributed by atoms with Crippen molar-refractivity contribution >= 4 is 23.1 Å². The summed E-state index contributed by atoms with van der Waals surface area (Å²) in [5.41, 5.74) is 4.16. The molecule has 2 N–H and O–H groups in total. The van der Waals surface area contributed by atoms with Crippen LogP contribution in [0.15, 0.2) is 47.1 Å². The van der Waals surface area contributed by atoms with E-state index >= 15 is 0 Å². The van der Waals surface area contributed by atoms with Crippen LogP contribution in [0.4, 0.5) is 17.2 Å². The number of amides is 1. The van der Waals surface area contributed by atoms with E-state index in [4.69, 9.17) is 4.52 Å². The Balaban J connectivity index is 1.87. The third-order valence-corrected chi connectivity index (χ3v) is 4.50. The number of rotatable bonds is 6. The van der Waals surface area contributed by atoms with Crippen LogP contribution in [0.1, 0.15) is 66.9 Å². The van der Waals surface area contributed by atoms with Gasteiger partial charge in [-0.1, -0.05) is 51.1 Å². The van der Waals surface area contributed by atoms with Gasteiger partial charge in [-0.25, -0.2) is 0 Å². The van der Waals surface area contributed by atoms with E-state index in [1.165, 1.54) is 0 Å². The summed E-state index contributed by atoms with van der Waals surface area (Å²) in [6, 6.07) is 11.4. The molecule has 2 heterocycles. The van der Waals surface area contributed by atoms with E-state index in [0.717, 1.165) is 22.5 Å². The average Bonchev–Trinajstić information content (AvgIpc) is 3.06. The molecule has 0 saturated carbocycles.